The average molecular weight is 263 g/mol. The molecule has 1 aromatic carbocycles. The van der Waals surface area contributed by atoms with E-state index in [1.807, 2.05) is 52.1 Å². The third kappa shape index (κ3) is 6.50. The molecule has 0 aliphatic rings. The summed E-state index contributed by atoms with van der Waals surface area (Å²) in [4.78, 5) is 14.1. The van der Waals surface area contributed by atoms with Crippen LogP contribution < -0.4 is 0 Å². The van der Waals surface area contributed by atoms with Crippen LogP contribution in [-0.2, 0) is 4.74 Å². The van der Waals surface area contributed by atoms with Gasteiger partial charge in [-0.2, -0.15) is 0 Å². The Kier molecular flexibility index (Phi) is 6.74. The van der Waals surface area contributed by atoms with Crippen LogP contribution in [0.1, 0.15) is 36.2 Å². The van der Waals surface area contributed by atoms with Crippen LogP contribution >= 0.6 is 0 Å². The van der Waals surface area contributed by atoms with Crippen molar-refractivity contribution in [2.24, 2.45) is 0 Å². The van der Waals surface area contributed by atoms with Gasteiger partial charge in [-0.25, -0.2) is 0 Å². The van der Waals surface area contributed by atoms with Crippen molar-refractivity contribution in [2.45, 2.75) is 33.3 Å². The second-order valence-corrected chi connectivity index (χ2v) is 5.26. The van der Waals surface area contributed by atoms with Gasteiger partial charge in [-0.15, -0.1) is 0 Å². The zero-order chi connectivity index (χ0) is 14.3. The molecule has 19 heavy (non-hydrogen) atoms. The highest BCUT2D eigenvalue weighted by molar-refractivity contribution is 5.96. The fraction of sp³-hybridized carbons (Fsp3) is 0.562. The molecular weight excluding hydrogens is 238 g/mol. The summed E-state index contributed by atoms with van der Waals surface area (Å²) in [5.41, 5.74) is 1.98. The maximum Gasteiger partial charge on any atom is 0.164 e. The van der Waals surface area contributed by atoms with Gasteiger partial charge in [0.25, 0.3) is 0 Å². The summed E-state index contributed by atoms with van der Waals surface area (Å²) in [5.74, 6) is 0.205. The number of carbonyl (C=O) groups excluding carboxylic acids is 1. The summed E-state index contributed by atoms with van der Waals surface area (Å²) in [6.07, 6.45) is 0.823. The Morgan fingerprint density at radius 3 is 2.42 bits per heavy atom. The number of hydrogen-bond donors (Lipinski definition) is 0. The molecule has 0 amide bonds. The molecule has 0 bridgehead atoms. The molecule has 0 atom stereocenters. The van der Waals surface area contributed by atoms with Crippen molar-refractivity contribution in [3.05, 3.63) is 35.4 Å². The second-order valence-electron chi connectivity index (χ2n) is 5.26. The van der Waals surface area contributed by atoms with Crippen LogP contribution in [0, 0.1) is 6.92 Å². The second kappa shape index (κ2) is 8.08. The molecule has 0 saturated heterocycles. The van der Waals surface area contributed by atoms with Gasteiger partial charge in [-0.05, 0) is 27.8 Å². The molecule has 1 aromatic rings. The zero-order valence-corrected chi connectivity index (χ0v) is 12.5. The Labute approximate surface area is 116 Å². The Hall–Kier alpha value is -1.19. The molecule has 0 unspecified atom stereocenters. The largest absolute Gasteiger partial charge is 0.377 e. The lowest BCUT2D eigenvalue weighted by molar-refractivity contribution is 0.0629. The van der Waals surface area contributed by atoms with Gasteiger partial charge in [-0.3, -0.25) is 4.79 Å². The molecule has 0 saturated carbocycles. The van der Waals surface area contributed by atoms with Crippen molar-refractivity contribution in [3.63, 3.8) is 0 Å². The maximum absolute atomic E-state index is 12.0. The third-order valence-corrected chi connectivity index (χ3v) is 3.02. The Morgan fingerprint density at radius 2 is 1.84 bits per heavy atom. The first-order valence-corrected chi connectivity index (χ1v) is 6.89. The van der Waals surface area contributed by atoms with E-state index >= 15 is 0 Å². The van der Waals surface area contributed by atoms with E-state index in [1.54, 1.807) is 0 Å². The minimum absolute atomic E-state index is 0.205. The standard InChI is InChI=1S/C16H25NO2/c1-13(2)19-12-11-17(4)10-9-16(18)15-7-5-14(3)6-8-15/h5-8,13H,9-12H2,1-4H3. The van der Waals surface area contributed by atoms with Crippen LogP contribution in [0.3, 0.4) is 0 Å². The molecule has 3 nitrogen and oxygen atoms in total. The summed E-state index contributed by atoms with van der Waals surface area (Å²) in [7, 11) is 2.02. The van der Waals surface area contributed by atoms with Crippen molar-refractivity contribution >= 4 is 5.78 Å². The lowest BCUT2D eigenvalue weighted by Gasteiger charge is -2.17. The van der Waals surface area contributed by atoms with Gasteiger partial charge < -0.3 is 9.64 Å². The van der Waals surface area contributed by atoms with Gasteiger partial charge in [0.2, 0.25) is 0 Å². The van der Waals surface area contributed by atoms with E-state index in [4.69, 9.17) is 4.74 Å². The van der Waals surface area contributed by atoms with Crippen LogP contribution in [0.25, 0.3) is 0 Å². The fourth-order valence-electron chi connectivity index (χ4n) is 1.73. The van der Waals surface area contributed by atoms with Crippen LogP contribution in [0.5, 0.6) is 0 Å². The van der Waals surface area contributed by atoms with Gasteiger partial charge >= 0.3 is 0 Å². The highest BCUT2D eigenvalue weighted by Crippen LogP contribution is 2.06. The monoisotopic (exact) mass is 263 g/mol. The van der Waals surface area contributed by atoms with E-state index in [0.717, 1.165) is 18.7 Å². The summed E-state index contributed by atoms with van der Waals surface area (Å²) >= 11 is 0. The molecule has 0 N–H and O–H groups in total. The number of carbonyl (C=O) groups is 1. The van der Waals surface area contributed by atoms with Gasteiger partial charge in [0.1, 0.15) is 0 Å². The van der Waals surface area contributed by atoms with Crippen molar-refractivity contribution in [1.82, 2.24) is 4.90 Å². The predicted molar refractivity (Wildman–Crippen MR) is 78.7 cm³/mol. The highest BCUT2D eigenvalue weighted by Gasteiger charge is 2.07. The van der Waals surface area contributed by atoms with E-state index in [0.29, 0.717) is 13.0 Å². The Bertz CT molecular complexity index is 384. The molecule has 0 fully saturated rings. The van der Waals surface area contributed by atoms with Gasteiger partial charge in [-0.1, -0.05) is 29.8 Å². The smallest absolute Gasteiger partial charge is 0.164 e. The molecule has 0 radical (unpaired) electrons. The van der Waals surface area contributed by atoms with Crippen molar-refractivity contribution in [3.8, 4) is 0 Å². The van der Waals surface area contributed by atoms with Crippen molar-refractivity contribution < 1.29 is 9.53 Å². The lowest BCUT2D eigenvalue weighted by atomic mass is 10.1. The molecule has 0 aliphatic heterocycles. The first kappa shape index (κ1) is 15.9. The highest BCUT2D eigenvalue weighted by atomic mass is 16.5. The van der Waals surface area contributed by atoms with E-state index < -0.39 is 0 Å². The summed E-state index contributed by atoms with van der Waals surface area (Å²) < 4.78 is 5.49. The summed E-state index contributed by atoms with van der Waals surface area (Å²) in [6.45, 7) is 8.43. The predicted octanol–water partition coefficient (Wildman–Crippen LogP) is 2.92. The number of rotatable bonds is 8. The molecule has 0 heterocycles. The quantitative estimate of drug-likeness (QED) is 0.675. The third-order valence-electron chi connectivity index (χ3n) is 3.02. The fourth-order valence-corrected chi connectivity index (χ4v) is 1.73. The van der Waals surface area contributed by atoms with E-state index in [1.165, 1.54) is 5.56 Å². The topological polar surface area (TPSA) is 29.5 Å². The van der Waals surface area contributed by atoms with E-state index in [2.05, 4.69) is 4.90 Å². The molecule has 0 spiro atoms. The number of nitrogens with zero attached hydrogens (tertiary/aromatic N) is 1. The molecule has 3 heteroatoms. The number of aryl methyl sites for hydroxylation is 1. The number of ether oxygens (including phenoxy) is 1. The van der Waals surface area contributed by atoms with Gasteiger partial charge in [0.15, 0.2) is 5.78 Å². The van der Waals surface area contributed by atoms with Gasteiger partial charge in [0.05, 0.1) is 12.7 Å². The lowest BCUT2D eigenvalue weighted by Crippen LogP contribution is -2.26. The van der Waals surface area contributed by atoms with E-state index in [-0.39, 0.29) is 11.9 Å². The normalized spacial score (nSPS) is 11.3. The first-order valence-electron chi connectivity index (χ1n) is 6.89. The summed E-state index contributed by atoms with van der Waals surface area (Å²) in [6, 6.07) is 7.76. The van der Waals surface area contributed by atoms with Gasteiger partial charge in [0, 0.05) is 25.1 Å². The minimum atomic E-state index is 0.205. The number of likely N-dealkylation sites (N-methyl/N-ethyl adjacent to an activating group) is 1. The van der Waals surface area contributed by atoms with Crippen molar-refractivity contribution in [2.75, 3.05) is 26.7 Å². The van der Waals surface area contributed by atoms with Crippen LogP contribution in [0.15, 0.2) is 24.3 Å². The molecule has 0 aromatic heterocycles. The number of benzene rings is 1. The molecule has 1 rings (SSSR count). The van der Waals surface area contributed by atoms with Crippen molar-refractivity contribution in [1.29, 1.82) is 0 Å². The average Bonchev–Trinajstić information content (AvgIpc) is 2.36. The summed E-state index contributed by atoms with van der Waals surface area (Å²) in [5, 5.41) is 0. The minimum Gasteiger partial charge on any atom is -0.377 e. The molecule has 0 aliphatic carbocycles. The number of hydrogen-bond acceptors (Lipinski definition) is 3. The maximum atomic E-state index is 12.0. The van der Waals surface area contributed by atoms with Crippen LogP contribution in [0.4, 0.5) is 0 Å². The first-order chi connectivity index (χ1) is 8.99. The zero-order valence-electron chi connectivity index (χ0n) is 12.5. The Balaban J connectivity index is 2.27. The molecule has 106 valence electrons. The van der Waals surface area contributed by atoms with Crippen LogP contribution in [0.2, 0.25) is 0 Å². The SMILES string of the molecule is Cc1ccc(C(=O)CCN(C)CCOC(C)C)cc1. The Morgan fingerprint density at radius 1 is 1.21 bits per heavy atom. The number of Topliss-reactive ketones (excluding diaryl/α,β-unsaturated/α-hetero) is 1. The number of ketones is 1. The molecular formula is C16H25NO2. The van der Waals surface area contributed by atoms with E-state index in [9.17, 15) is 4.79 Å². The van der Waals surface area contributed by atoms with Crippen LogP contribution in [-0.4, -0.2) is 43.5 Å².